The number of halogens is 2. The molecule has 0 saturated carbocycles. The predicted octanol–water partition coefficient (Wildman–Crippen LogP) is 3.16. The molecule has 0 saturated heterocycles. The zero-order valence-electron chi connectivity index (χ0n) is 13.6. The molecule has 2 N–H and O–H groups in total. The lowest BCUT2D eigenvalue weighted by Crippen LogP contribution is -2.35. The van der Waals surface area contributed by atoms with E-state index in [-0.39, 0.29) is 6.61 Å². The Balaban J connectivity index is 1.68. The van der Waals surface area contributed by atoms with Crippen LogP contribution in [0.2, 0.25) is 10.0 Å². The highest BCUT2D eigenvalue weighted by molar-refractivity contribution is 6.40. The van der Waals surface area contributed by atoms with Crippen molar-refractivity contribution in [1.82, 2.24) is 10.1 Å². The van der Waals surface area contributed by atoms with Gasteiger partial charge in [0.2, 0.25) is 5.96 Å². The molecule has 25 heavy (non-hydrogen) atoms. The molecule has 0 aliphatic carbocycles. The maximum atomic E-state index is 9.80. The van der Waals surface area contributed by atoms with Crippen molar-refractivity contribution in [2.75, 3.05) is 38.7 Å². The van der Waals surface area contributed by atoms with E-state index < -0.39 is 0 Å². The third kappa shape index (κ3) is 4.01. The number of hydroxylamine groups is 4. The molecule has 0 amide bonds. The molecule has 7 nitrogen and oxygen atoms in total. The van der Waals surface area contributed by atoms with Gasteiger partial charge in [0, 0.05) is 0 Å². The van der Waals surface area contributed by atoms with Crippen LogP contribution < -0.4 is 10.1 Å². The Morgan fingerprint density at radius 1 is 1.36 bits per heavy atom. The largest absolute Gasteiger partial charge is 0.495 e. The standard InChI is InChI=1S/C16H18Cl2N4O3/c1-24-13-6-5-12(17)15(14(13)18)20-16-19-7-9-22(16)25-10-11-4-2-3-8-21(11)23/h2-6,23H,7-10H2,1H3,(H,19,20). The molecule has 9 heteroatoms. The lowest BCUT2D eigenvalue weighted by molar-refractivity contribution is -0.114. The summed E-state index contributed by atoms with van der Waals surface area (Å²) in [6.45, 7) is 1.80. The minimum absolute atomic E-state index is 0.209. The number of aliphatic imine (C=N–C) groups is 1. The first-order valence-corrected chi connectivity index (χ1v) is 8.41. The topological polar surface area (TPSA) is 69.6 Å². The van der Waals surface area contributed by atoms with E-state index in [1.165, 1.54) is 7.11 Å². The van der Waals surface area contributed by atoms with Crippen molar-refractivity contribution < 1.29 is 14.8 Å². The van der Waals surface area contributed by atoms with Crippen LogP contribution in [0, 0.1) is 0 Å². The van der Waals surface area contributed by atoms with Crippen molar-refractivity contribution in [3.63, 3.8) is 0 Å². The number of hydrogen-bond donors (Lipinski definition) is 2. The molecule has 1 aromatic rings. The van der Waals surface area contributed by atoms with E-state index >= 15 is 0 Å². The van der Waals surface area contributed by atoms with E-state index in [1.54, 1.807) is 23.3 Å². The zero-order valence-corrected chi connectivity index (χ0v) is 15.1. The van der Waals surface area contributed by atoms with Gasteiger partial charge >= 0.3 is 0 Å². The molecule has 2 aliphatic heterocycles. The summed E-state index contributed by atoms with van der Waals surface area (Å²) in [7, 11) is 1.54. The van der Waals surface area contributed by atoms with Gasteiger partial charge in [-0.2, -0.15) is 0 Å². The Hall–Kier alpha value is -1.93. The van der Waals surface area contributed by atoms with Crippen LogP contribution in [-0.4, -0.2) is 54.6 Å². The van der Waals surface area contributed by atoms with Gasteiger partial charge in [-0.1, -0.05) is 35.4 Å². The quantitative estimate of drug-likeness (QED) is 0.812. The van der Waals surface area contributed by atoms with Crippen molar-refractivity contribution in [1.29, 1.82) is 0 Å². The second kappa shape index (κ2) is 7.97. The van der Waals surface area contributed by atoms with Crippen LogP contribution >= 0.6 is 23.2 Å². The van der Waals surface area contributed by atoms with Gasteiger partial charge in [0.05, 0.1) is 43.2 Å². The number of nitrogens with zero attached hydrogens (tertiary/aromatic N) is 3. The number of anilines is 1. The van der Waals surface area contributed by atoms with Crippen molar-refractivity contribution in [2.45, 2.75) is 0 Å². The van der Waals surface area contributed by atoms with Gasteiger partial charge in [0.15, 0.2) is 0 Å². The van der Waals surface area contributed by atoms with Crippen LogP contribution in [0.4, 0.5) is 5.69 Å². The summed E-state index contributed by atoms with van der Waals surface area (Å²) in [6.07, 6.45) is 5.51. The summed E-state index contributed by atoms with van der Waals surface area (Å²) >= 11 is 12.5. The summed E-state index contributed by atoms with van der Waals surface area (Å²) < 4.78 is 5.21. The first-order valence-electron chi connectivity index (χ1n) is 7.66. The highest BCUT2D eigenvalue weighted by Crippen LogP contribution is 2.37. The highest BCUT2D eigenvalue weighted by atomic mass is 35.5. The van der Waals surface area contributed by atoms with E-state index in [2.05, 4.69) is 10.3 Å². The van der Waals surface area contributed by atoms with Crippen molar-refractivity contribution in [3.8, 4) is 5.75 Å². The third-order valence-corrected chi connectivity index (χ3v) is 4.41. The minimum atomic E-state index is 0.209. The van der Waals surface area contributed by atoms with Gasteiger partial charge in [-0.25, -0.2) is 10.1 Å². The van der Waals surface area contributed by atoms with Gasteiger partial charge in [0.25, 0.3) is 0 Å². The molecule has 0 radical (unpaired) electrons. The fraction of sp³-hybridized carbons (Fsp3) is 0.312. The van der Waals surface area contributed by atoms with Crippen molar-refractivity contribution in [3.05, 3.63) is 46.1 Å². The van der Waals surface area contributed by atoms with Gasteiger partial charge in [-0.3, -0.25) is 15.1 Å². The number of nitrogens with one attached hydrogen (secondary N) is 1. The summed E-state index contributed by atoms with van der Waals surface area (Å²) in [4.78, 5) is 10.1. The lowest BCUT2D eigenvalue weighted by atomic mass is 10.3. The van der Waals surface area contributed by atoms with E-state index in [4.69, 9.17) is 32.8 Å². The average Bonchev–Trinajstić information content (AvgIpc) is 3.05. The number of methoxy groups -OCH3 is 1. The molecule has 0 bridgehead atoms. The Morgan fingerprint density at radius 3 is 2.96 bits per heavy atom. The smallest absolute Gasteiger partial charge is 0.223 e. The van der Waals surface area contributed by atoms with Crippen LogP contribution in [0.25, 0.3) is 0 Å². The molecule has 0 unspecified atom stereocenters. The molecule has 0 spiro atoms. The van der Waals surface area contributed by atoms with E-state index in [0.717, 1.165) is 5.06 Å². The van der Waals surface area contributed by atoms with Gasteiger partial charge in [0.1, 0.15) is 17.4 Å². The van der Waals surface area contributed by atoms with Crippen LogP contribution in [0.5, 0.6) is 5.75 Å². The first-order chi connectivity index (χ1) is 12.1. The van der Waals surface area contributed by atoms with Crippen LogP contribution in [-0.2, 0) is 4.84 Å². The van der Waals surface area contributed by atoms with E-state index in [9.17, 15) is 5.21 Å². The van der Waals surface area contributed by atoms with Crippen LogP contribution in [0.15, 0.2) is 41.1 Å². The molecule has 0 atom stereocenters. The molecular formula is C16H18Cl2N4O3. The average molecular weight is 385 g/mol. The molecule has 1 aromatic carbocycles. The predicted molar refractivity (Wildman–Crippen MR) is 97.3 cm³/mol. The maximum absolute atomic E-state index is 9.80. The Morgan fingerprint density at radius 2 is 2.20 bits per heavy atom. The minimum Gasteiger partial charge on any atom is -0.495 e. The molecule has 3 rings (SSSR count). The fourth-order valence-corrected chi connectivity index (χ4v) is 2.93. The second-order valence-electron chi connectivity index (χ2n) is 5.31. The normalized spacial score (nSPS) is 16.8. The number of guanidine groups is 1. The summed E-state index contributed by atoms with van der Waals surface area (Å²) in [6, 6.07) is 3.39. The van der Waals surface area contributed by atoms with E-state index in [0.29, 0.717) is 52.8 Å². The number of hydrogen-bond acceptors (Lipinski definition) is 7. The lowest BCUT2D eigenvalue weighted by Gasteiger charge is -2.25. The summed E-state index contributed by atoms with van der Waals surface area (Å²) in [5, 5.41) is 16.5. The number of allylic oxidation sites excluding steroid dienone is 2. The Kier molecular flexibility index (Phi) is 5.70. The monoisotopic (exact) mass is 384 g/mol. The molecule has 134 valence electrons. The number of rotatable bonds is 5. The SMILES string of the molecule is COc1ccc(Cl)c(NC2=NCCN2OCC2=CC=CCN2O)c1Cl. The fourth-order valence-electron chi connectivity index (χ4n) is 2.39. The number of benzene rings is 1. The van der Waals surface area contributed by atoms with E-state index in [1.807, 2.05) is 12.2 Å². The maximum Gasteiger partial charge on any atom is 0.223 e. The number of ether oxygens (including phenoxy) is 1. The van der Waals surface area contributed by atoms with Gasteiger partial charge in [-0.05, 0) is 18.2 Å². The third-order valence-electron chi connectivity index (χ3n) is 3.72. The van der Waals surface area contributed by atoms with Crippen molar-refractivity contribution >= 4 is 34.8 Å². The first kappa shape index (κ1) is 17.9. The molecule has 2 aliphatic rings. The summed E-state index contributed by atoms with van der Waals surface area (Å²) in [5.41, 5.74) is 1.16. The molecular weight excluding hydrogens is 367 g/mol. The van der Waals surface area contributed by atoms with Crippen LogP contribution in [0.3, 0.4) is 0 Å². The zero-order chi connectivity index (χ0) is 17.8. The Labute approximate surface area is 155 Å². The molecule has 0 fully saturated rings. The van der Waals surface area contributed by atoms with Gasteiger partial charge in [-0.15, -0.1) is 0 Å². The van der Waals surface area contributed by atoms with Gasteiger partial charge < -0.3 is 10.1 Å². The van der Waals surface area contributed by atoms with Crippen LogP contribution in [0.1, 0.15) is 0 Å². The Bertz CT molecular complexity index is 736. The molecule has 2 heterocycles. The highest BCUT2D eigenvalue weighted by Gasteiger charge is 2.22. The molecule has 0 aromatic heterocycles. The summed E-state index contributed by atoms with van der Waals surface area (Å²) in [5.74, 6) is 1.00. The van der Waals surface area contributed by atoms with Crippen molar-refractivity contribution in [2.24, 2.45) is 4.99 Å². The second-order valence-corrected chi connectivity index (χ2v) is 6.10.